The molecule has 1 atom stereocenters. The van der Waals surface area contributed by atoms with Gasteiger partial charge in [-0.25, -0.2) is 0 Å². The number of carbonyl (C=O) groups is 2. The number of aliphatic hydroxyl groups is 1. The lowest BCUT2D eigenvalue weighted by molar-refractivity contribution is -0.166. The number of halogens is 3. The normalized spacial score (nSPS) is 16.5. The monoisotopic (exact) mass is 198 g/mol. The maximum absolute atomic E-state index is 11.7. The number of hydrogen-bond donors (Lipinski definition) is 1. The molecule has 0 aliphatic rings. The number of alkyl halides is 3. The standard InChI is InChI=1S/C7H9F3O3/c1-4(11)6(2,13)5(12)3-7(8,9)10/h13H,3H2,1-2H3/t6-/m1/s1. The molecular formula is C7H9F3O3. The highest BCUT2D eigenvalue weighted by Gasteiger charge is 2.42. The fraction of sp³-hybridized carbons (Fsp3) is 0.714. The lowest BCUT2D eigenvalue weighted by Crippen LogP contribution is -2.44. The van der Waals surface area contributed by atoms with Crippen LogP contribution < -0.4 is 0 Å². The summed E-state index contributed by atoms with van der Waals surface area (Å²) in [6.07, 6.45) is -6.49. The number of ketones is 2. The minimum atomic E-state index is -4.70. The van der Waals surface area contributed by atoms with Gasteiger partial charge in [0.05, 0.1) is 0 Å². The van der Waals surface area contributed by atoms with Crippen molar-refractivity contribution < 1.29 is 27.9 Å². The first-order valence-electron chi connectivity index (χ1n) is 3.41. The van der Waals surface area contributed by atoms with Gasteiger partial charge in [0, 0.05) is 0 Å². The van der Waals surface area contributed by atoms with Crippen molar-refractivity contribution in [3.8, 4) is 0 Å². The van der Waals surface area contributed by atoms with Crippen molar-refractivity contribution in [3.05, 3.63) is 0 Å². The SMILES string of the molecule is CC(=O)[C@@](C)(O)C(=O)CC(F)(F)F. The molecule has 0 amide bonds. The van der Waals surface area contributed by atoms with Crippen molar-refractivity contribution in [2.75, 3.05) is 0 Å². The average molecular weight is 198 g/mol. The molecule has 3 nitrogen and oxygen atoms in total. The molecule has 0 fully saturated rings. The van der Waals surface area contributed by atoms with Gasteiger partial charge in [0.25, 0.3) is 0 Å². The minimum absolute atomic E-state index is 0.753. The van der Waals surface area contributed by atoms with Crippen LogP contribution in [0.1, 0.15) is 20.3 Å². The molecule has 0 rings (SSSR count). The Morgan fingerprint density at radius 3 is 1.92 bits per heavy atom. The van der Waals surface area contributed by atoms with Gasteiger partial charge in [0.15, 0.2) is 17.2 Å². The van der Waals surface area contributed by atoms with Crippen LogP contribution in [0.5, 0.6) is 0 Å². The second-order valence-corrected chi connectivity index (χ2v) is 2.84. The van der Waals surface area contributed by atoms with E-state index >= 15 is 0 Å². The number of rotatable bonds is 3. The maximum atomic E-state index is 11.7. The van der Waals surface area contributed by atoms with E-state index in [4.69, 9.17) is 5.11 Å². The van der Waals surface area contributed by atoms with E-state index < -0.39 is 29.8 Å². The molecule has 0 spiro atoms. The molecule has 6 heteroatoms. The van der Waals surface area contributed by atoms with Crippen LogP contribution in [0.2, 0.25) is 0 Å². The van der Waals surface area contributed by atoms with E-state index in [2.05, 4.69) is 0 Å². The highest BCUT2D eigenvalue weighted by Crippen LogP contribution is 2.23. The van der Waals surface area contributed by atoms with E-state index in [1.54, 1.807) is 0 Å². The number of hydrogen-bond acceptors (Lipinski definition) is 3. The van der Waals surface area contributed by atoms with E-state index in [9.17, 15) is 22.8 Å². The lowest BCUT2D eigenvalue weighted by Gasteiger charge is -2.18. The first-order valence-corrected chi connectivity index (χ1v) is 3.41. The predicted molar refractivity (Wildman–Crippen MR) is 37.0 cm³/mol. The van der Waals surface area contributed by atoms with Crippen LogP contribution in [-0.4, -0.2) is 28.5 Å². The van der Waals surface area contributed by atoms with Gasteiger partial charge in [0.1, 0.15) is 6.42 Å². The van der Waals surface area contributed by atoms with Crippen molar-refractivity contribution in [3.63, 3.8) is 0 Å². The largest absolute Gasteiger partial charge is 0.396 e. The summed E-state index contributed by atoms with van der Waals surface area (Å²) in [5.74, 6) is -2.53. The summed E-state index contributed by atoms with van der Waals surface area (Å²) in [4.78, 5) is 21.3. The Balaban J connectivity index is 4.53. The van der Waals surface area contributed by atoms with Crippen molar-refractivity contribution in [1.29, 1.82) is 0 Å². The quantitative estimate of drug-likeness (QED) is 0.684. The van der Waals surface area contributed by atoms with Gasteiger partial charge >= 0.3 is 6.18 Å². The van der Waals surface area contributed by atoms with E-state index in [0.29, 0.717) is 0 Å². The summed E-state index contributed by atoms with van der Waals surface area (Å²) in [5.41, 5.74) is -2.53. The van der Waals surface area contributed by atoms with Crippen LogP contribution >= 0.6 is 0 Å². The van der Waals surface area contributed by atoms with Crippen molar-refractivity contribution in [2.24, 2.45) is 0 Å². The second-order valence-electron chi connectivity index (χ2n) is 2.84. The summed E-state index contributed by atoms with van der Waals surface area (Å²) in [7, 11) is 0. The van der Waals surface area contributed by atoms with Crippen LogP contribution in [-0.2, 0) is 9.59 Å². The molecule has 76 valence electrons. The first kappa shape index (κ1) is 12.1. The van der Waals surface area contributed by atoms with Gasteiger partial charge in [0.2, 0.25) is 0 Å². The Morgan fingerprint density at radius 2 is 1.69 bits per heavy atom. The summed E-state index contributed by atoms with van der Waals surface area (Å²) in [5, 5.41) is 9.02. The third kappa shape index (κ3) is 3.54. The minimum Gasteiger partial charge on any atom is -0.375 e. The highest BCUT2D eigenvalue weighted by atomic mass is 19.4. The average Bonchev–Trinajstić information content (AvgIpc) is 1.82. The van der Waals surface area contributed by atoms with E-state index in [1.165, 1.54) is 0 Å². The molecule has 0 radical (unpaired) electrons. The molecule has 0 saturated carbocycles. The van der Waals surface area contributed by atoms with Gasteiger partial charge in [-0.2, -0.15) is 13.2 Å². The summed E-state index contributed by atoms with van der Waals surface area (Å²) in [6.45, 7) is 1.61. The van der Waals surface area contributed by atoms with E-state index in [1.807, 2.05) is 0 Å². The van der Waals surface area contributed by atoms with Crippen LogP contribution in [0.3, 0.4) is 0 Å². The Labute approximate surface area is 72.5 Å². The molecule has 0 aromatic carbocycles. The third-order valence-corrected chi connectivity index (χ3v) is 1.59. The Hall–Kier alpha value is -0.910. The van der Waals surface area contributed by atoms with Crippen molar-refractivity contribution in [1.82, 2.24) is 0 Å². The van der Waals surface area contributed by atoms with Crippen LogP contribution in [0, 0.1) is 0 Å². The highest BCUT2D eigenvalue weighted by molar-refractivity contribution is 6.08. The Bertz CT molecular complexity index is 230. The molecule has 0 heterocycles. The van der Waals surface area contributed by atoms with Crippen molar-refractivity contribution >= 4 is 11.6 Å². The Kier molecular flexibility index (Phi) is 3.21. The zero-order valence-electron chi connectivity index (χ0n) is 7.10. The molecule has 0 aromatic heterocycles. The molecule has 0 aromatic rings. The fourth-order valence-electron chi connectivity index (χ4n) is 0.551. The van der Waals surface area contributed by atoms with Crippen LogP contribution in [0.25, 0.3) is 0 Å². The van der Waals surface area contributed by atoms with Crippen LogP contribution in [0.4, 0.5) is 13.2 Å². The van der Waals surface area contributed by atoms with Gasteiger partial charge in [-0.3, -0.25) is 9.59 Å². The molecule has 0 saturated heterocycles. The molecule has 0 bridgehead atoms. The topological polar surface area (TPSA) is 54.4 Å². The summed E-state index contributed by atoms with van der Waals surface area (Å²) in [6, 6.07) is 0. The summed E-state index contributed by atoms with van der Waals surface area (Å²) >= 11 is 0. The number of Topliss-reactive ketones (excluding diaryl/α,β-unsaturated/α-hetero) is 2. The molecular weight excluding hydrogens is 189 g/mol. The summed E-state index contributed by atoms with van der Waals surface area (Å²) < 4.78 is 35.0. The van der Waals surface area contributed by atoms with Gasteiger partial charge in [-0.05, 0) is 13.8 Å². The van der Waals surface area contributed by atoms with Gasteiger partial charge in [-0.15, -0.1) is 0 Å². The van der Waals surface area contributed by atoms with E-state index in [-0.39, 0.29) is 0 Å². The van der Waals surface area contributed by atoms with Gasteiger partial charge in [-0.1, -0.05) is 0 Å². The maximum Gasteiger partial charge on any atom is 0.396 e. The predicted octanol–water partition coefficient (Wildman–Crippen LogP) is 0.848. The second kappa shape index (κ2) is 3.45. The Morgan fingerprint density at radius 1 is 1.31 bits per heavy atom. The molecule has 0 aliphatic heterocycles. The molecule has 0 aliphatic carbocycles. The number of carbonyl (C=O) groups excluding carboxylic acids is 2. The van der Waals surface area contributed by atoms with Crippen molar-refractivity contribution in [2.45, 2.75) is 32.0 Å². The molecule has 0 unspecified atom stereocenters. The van der Waals surface area contributed by atoms with Gasteiger partial charge < -0.3 is 5.11 Å². The molecule has 13 heavy (non-hydrogen) atoms. The zero-order chi connectivity index (χ0) is 10.9. The smallest absolute Gasteiger partial charge is 0.375 e. The lowest BCUT2D eigenvalue weighted by atomic mass is 9.94. The van der Waals surface area contributed by atoms with E-state index in [0.717, 1.165) is 13.8 Å². The fourth-order valence-corrected chi connectivity index (χ4v) is 0.551. The third-order valence-electron chi connectivity index (χ3n) is 1.59. The first-order chi connectivity index (χ1) is 5.57. The van der Waals surface area contributed by atoms with Crippen LogP contribution in [0.15, 0.2) is 0 Å². The molecule has 1 N–H and O–H groups in total. The zero-order valence-corrected chi connectivity index (χ0v) is 7.10.